The molecule has 352 valence electrons. The van der Waals surface area contributed by atoms with E-state index in [-0.39, 0.29) is 19.3 Å². The molecule has 0 saturated carbocycles. The number of aliphatic hydroxyl groups excluding tert-OH is 2. The molecule has 0 aliphatic carbocycles. The molecule has 0 spiro atoms. The maximum Gasteiger partial charge on any atom is 0.472 e. The summed E-state index contributed by atoms with van der Waals surface area (Å²) >= 11 is 0. The Labute approximate surface area is 370 Å². The quantitative estimate of drug-likeness (QED) is 0.0128. The van der Waals surface area contributed by atoms with Crippen LogP contribution in [0.5, 0.6) is 0 Å². The van der Waals surface area contributed by atoms with E-state index in [9.17, 15) is 33.8 Å². The molecule has 0 aromatic carbocycles. The van der Waals surface area contributed by atoms with Gasteiger partial charge in [-0.1, -0.05) is 142 Å². The summed E-state index contributed by atoms with van der Waals surface area (Å²) in [6, 6.07) is 0. The van der Waals surface area contributed by atoms with Gasteiger partial charge in [0, 0.05) is 12.8 Å². The lowest BCUT2D eigenvalue weighted by molar-refractivity contribution is -0.161. The van der Waals surface area contributed by atoms with E-state index in [1.807, 2.05) is 12.2 Å². The number of phosphoric ester groups is 2. The molecule has 4 atom stereocenters. The predicted molar refractivity (Wildman–Crippen MR) is 245 cm³/mol. The van der Waals surface area contributed by atoms with E-state index in [2.05, 4.69) is 95.8 Å². The summed E-state index contributed by atoms with van der Waals surface area (Å²) < 4.78 is 47.6. The lowest BCUT2D eigenvalue weighted by Crippen LogP contribution is -2.29. The molecule has 0 saturated heterocycles. The number of allylic oxidation sites excluding steroid dienone is 16. The van der Waals surface area contributed by atoms with Gasteiger partial charge in [0.25, 0.3) is 0 Å². The Morgan fingerprint density at radius 2 is 1.05 bits per heavy atom. The largest absolute Gasteiger partial charge is 0.472 e. The highest BCUT2D eigenvalue weighted by molar-refractivity contribution is 7.47. The van der Waals surface area contributed by atoms with E-state index in [4.69, 9.17) is 23.8 Å². The van der Waals surface area contributed by atoms with E-state index < -0.39 is 72.3 Å². The van der Waals surface area contributed by atoms with Crippen LogP contribution in [0.4, 0.5) is 0 Å². The summed E-state index contributed by atoms with van der Waals surface area (Å²) in [5.74, 6) is -1.25. The van der Waals surface area contributed by atoms with E-state index in [1.54, 1.807) is 24.3 Å². The first-order valence-corrected chi connectivity index (χ1v) is 24.7. The molecule has 0 aliphatic heterocycles. The van der Waals surface area contributed by atoms with Crippen molar-refractivity contribution in [3.05, 3.63) is 109 Å². The number of phosphoric acid groups is 2. The summed E-state index contributed by atoms with van der Waals surface area (Å²) in [4.78, 5) is 52.7. The van der Waals surface area contributed by atoms with Gasteiger partial charge < -0.3 is 34.4 Å². The van der Waals surface area contributed by atoms with Crippen molar-refractivity contribution < 1.29 is 66.7 Å². The molecule has 0 aliphatic rings. The Morgan fingerprint density at radius 3 is 1.66 bits per heavy atom. The Bertz CT molecular complexity index is 1520. The highest BCUT2D eigenvalue weighted by atomic mass is 31.2. The number of carbonyl (C=O) groups excluding carboxylic acids is 2. The number of rotatable bonds is 39. The van der Waals surface area contributed by atoms with Crippen LogP contribution < -0.4 is 0 Å². The van der Waals surface area contributed by atoms with Crippen molar-refractivity contribution in [1.29, 1.82) is 0 Å². The van der Waals surface area contributed by atoms with Gasteiger partial charge >= 0.3 is 27.6 Å². The van der Waals surface area contributed by atoms with Gasteiger partial charge in [-0.05, 0) is 77.0 Å². The standard InChI is InChI=1S/C46H74O14P2/c1-3-5-7-9-11-13-15-17-18-20-22-24-26-28-32-36-45(49)56-40-44(41-59-62(54,55)58-39-43(48)38-57-61(51,52)53)60-46(50)37-33-29-31-35-42(47)34-30-27-25-23-21-19-16-14-12-10-8-6-4-2/h5-8,11-14,17-19,21,25,27,29-31,34,42-44,47-48H,3-4,9-10,15-16,20,22-24,26,28,32-33,35-41H2,1-2H3,(H,54,55)(H2,51,52,53)/b7-5-,8-6-,13-11-,14-12-,18-17-,21-19-,27-25-,31-29-,34-30-/t42?,43-,44+/m0/s1. The van der Waals surface area contributed by atoms with Gasteiger partial charge in [0.05, 0.1) is 25.9 Å². The normalized spacial score (nSPS) is 15.5. The maximum absolute atomic E-state index is 12.7. The minimum absolute atomic E-state index is 0.0857. The topological polar surface area (TPSA) is 216 Å². The molecule has 14 nitrogen and oxygen atoms in total. The molecular formula is C46H74O14P2. The van der Waals surface area contributed by atoms with E-state index in [0.29, 0.717) is 12.8 Å². The van der Waals surface area contributed by atoms with Crippen LogP contribution in [0.2, 0.25) is 0 Å². The van der Waals surface area contributed by atoms with Crippen LogP contribution in [-0.2, 0) is 41.8 Å². The first-order valence-electron chi connectivity index (χ1n) is 21.7. The van der Waals surface area contributed by atoms with Crippen molar-refractivity contribution in [3.8, 4) is 0 Å². The number of hydrogen-bond donors (Lipinski definition) is 5. The van der Waals surface area contributed by atoms with Crippen LogP contribution in [0.1, 0.15) is 123 Å². The van der Waals surface area contributed by atoms with Gasteiger partial charge in [-0.25, -0.2) is 9.13 Å². The molecule has 0 heterocycles. The van der Waals surface area contributed by atoms with Crippen LogP contribution in [0.15, 0.2) is 109 Å². The van der Waals surface area contributed by atoms with Crippen molar-refractivity contribution in [2.45, 2.75) is 141 Å². The molecule has 0 radical (unpaired) electrons. The van der Waals surface area contributed by atoms with Crippen molar-refractivity contribution in [2.24, 2.45) is 0 Å². The number of hydrogen-bond acceptors (Lipinski definition) is 11. The fourth-order valence-corrected chi connectivity index (χ4v) is 6.16. The van der Waals surface area contributed by atoms with Crippen LogP contribution in [0.25, 0.3) is 0 Å². The summed E-state index contributed by atoms with van der Waals surface area (Å²) in [6.45, 7) is 1.29. The molecular weight excluding hydrogens is 838 g/mol. The van der Waals surface area contributed by atoms with Crippen molar-refractivity contribution in [3.63, 3.8) is 0 Å². The zero-order valence-electron chi connectivity index (χ0n) is 36.8. The van der Waals surface area contributed by atoms with E-state index in [0.717, 1.165) is 77.0 Å². The predicted octanol–water partition coefficient (Wildman–Crippen LogP) is 10.1. The second-order valence-corrected chi connectivity index (χ2v) is 16.7. The molecule has 0 rings (SSSR count). The zero-order valence-corrected chi connectivity index (χ0v) is 38.6. The molecule has 5 N–H and O–H groups in total. The molecule has 16 heteroatoms. The fourth-order valence-electron chi connectivity index (χ4n) is 5.00. The molecule has 0 fully saturated rings. The Kier molecular flexibility index (Phi) is 38.4. The first-order chi connectivity index (χ1) is 29.8. The minimum Gasteiger partial charge on any atom is -0.462 e. The van der Waals surface area contributed by atoms with Crippen LogP contribution in [0.3, 0.4) is 0 Å². The fraction of sp³-hybridized carbons (Fsp3) is 0.565. The van der Waals surface area contributed by atoms with Gasteiger partial charge in [-0.2, -0.15) is 0 Å². The third kappa shape index (κ3) is 43.4. The second kappa shape index (κ2) is 40.5. The monoisotopic (exact) mass is 912 g/mol. The van der Waals surface area contributed by atoms with Crippen molar-refractivity contribution in [1.82, 2.24) is 0 Å². The molecule has 62 heavy (non-hydrogen) atoms. The summed E-state index contributed by atoms with van der Waals surface area (Å²) in [7, 11) is -9.76. The van der Waals surface area contributed by atoms with Crippen LogP contribution in [-0.4, -0.2) is 81.6 Å². The molecule has 0 amide bonds. The van der Waals surface area contributed by atoms with Gasteiger partial charge in [-0.15, -0.1) is 0 Å². The zero-order chi connectivity index (χ0) is 46.0. The van der Waals surface area contributed by atoms with Gasteiger partial charge in [-0.3, -0.25) is 23.2 Å². The van der Waals surface area contributed by atoms with E-state index >= 15 is 0 Å². The Balaban J connectivity index is 4.79. The smallest absolute Gasteiger partial charge is 0.462 e. The lowest BCUT2D eigenvalue weighted by Gasteiger charge is -2.20. The SMILES string of the molecule is CC/C=C\C/C=C\C/C=C\C/C=C\C=C/C(O)C/C=C\CCC(=O)O[C@H](COC(=O)CCCCCCC/C=C\C/C=C\C/C=C\CC)COP(=O)(O)OC[C@@H](O)COP(=O)(O)O. The van der Waals surface area contributed by atoms with Gasteiger partial charge in [0.15, 0.2) is 6.10 Å². The second-order valence-electron chi connectivity index (χ2n) is 14.1. The number of aliphatic hydroxyl groups is 2. The van der Waals surface area contributed by atoms with Gasteiger partial charge in [0.1, 0.15) is 12.7 Å². The Hall–Kier alpha value is -3.26. The summed E-state index contributed by atoms with van der Waals surface area (Å²) in [5, 5.41) is 20.0. The lowest BCUT2D eigenvalue weighted by atomic mass is 10.1. The highest BCUT2D eigenvalue weighted by Crippen LogP contribution is 2.43. The van der Waals surface area contributed by atoms with E-state index in [1.165, 1.54) is 0 Å². The summed E-state index contributed by atoms with van der Waals surface area (Å²) in [5.41, 5.74) is 0. The average Bonchev–Trinajstić information content (AvgIpc) is 3.23. The maximum atomic E-state index is 12.7. The summed E-state index contributed by atoms with van der Waals surface area (Å²) in [6.07, 6.45) is 45.4. The number of esters is 2. The Morgan fingerprint density at radius 1 is 0.532 bits per heavy atom. The number of carbonyl (C=O) groups is 2. The first kappa shape index (κ1) is 58.7. The third-order valence-electron chi connectivity index (χ3n) is 8.24. The third-order valence-corrected chi connectivity index (χ3v) is 9.68. The van der Waals surface area contributed by atoms with Gasteiger partial charge in [0.2, 0.25) is 0 Å². The number of unbranched alkanes of at least 4 members (excludes halogenated alkanes) is 5. The van der Waals surface area contributed by atoms with Crippen molar-refractivity contribution in [2.75, 3.05) is 26.4 Å². The average molecular weight is 913 g/mol. The number of ether oxygens (including phenoxy) is 2. The highest BCUT2D eigenvalue weighted by Gasteiger charge is 2.28. The molecule has 0 aromatic heterocycles. The molecule has 2 unspecified atom stereocenters. The van der Waals surface area contributed by atoms with Crippen LogP contribution in [0, 0.1) is 0 Å². The minimum atomic E-state index is -4.89. The molecule has 0 aromatic rings. The van der Waals surface area contributed by atoms with Crippen molar-refractivity contribution >= 4 is 27.6 Å². The molecule has 0 bridgehead atoms. The van der Waals surface area contributed by atoms with Crippen LogP contribution >= 0.6 is 15.6 Å².